The van der Waals surface area contributed by atoms with Crippen molar-refractivity contribution in [2.24, 2.45) is 0 Å². The van der Waals surface area contributed by atoms with Gasteiger partial charge < -0.3 is 19.5 Å². The lowest BCUT2D eigenvalue weighted by atomic mass is 10.1. The molecule has 2 unspecified atom stereocenters. The van der Waals surface area contributed by atoms with Gasteiger partial charge in [-0.15, -0.1) is 0 Å². The van der Waals surface area contributed by atoms with Crippen molar-refractivity contribution < 1.29 is 36.5 Å². The van der Waals surface area contributed by atoms with Gasteiger partial charge in [-0.1, -0.05) is 0 Å². The van der Waals surface area contributed by atoms with E-state index in [-0.39, 0.29) is 24.5 Å². The van der Waals surface area contributed by atoms with Gasteiger partial charge in [-0.3, -0.25) is 0 Å². The number of nitrogens with zero attached hydrogens (tertiary/aromatic N) is 1. The van der Waals surface area contributed by atoms with Crippen molar-refractivity contribution in [2.45, 2.75) is 18.6 Å². The van der Waals surface area contributed by atoms with E-state index in [0.717, 1.165) is 11.8 Å². The third kappa shape index (κ3) is 5.18. The molecule has 28 heavy (non-hydrogen) atoms. The zero-order valence-corrected chi connectivity index (χ0v) is 14.6. The minimum Gasteiger partial charge on any atom is -0.386 e. The summed E-state index contributed by atoms with van der Waals surface area (Å²) in [5, 5.41) is 10.1. The van der Waals surface area contributed by atoms with E-state index in [1.165, 1.54) is 12.1 Å². The average Bonchev–Trinajstić information content (AvgIpc) is 2.66. The van der Waals surface area contributed by atoms with Gasteiger partial charge in [-0.2, -0.15) is 13.2 Å². The van der Waals surface area contributed by atoms with Crippen molar-refractivity contribution in [1.82, 2.24) is 0 Å². The second-order valence-corrected chi connectivity index (χ2v) is 6.34. The van der Waals surface area contributed by atoms with E-state index in [2.05, 4.69) is 0 Å². The smallest absolute Gasteiger partial charge is 0.386 e. The van der Waals surface area contributed by atoms with Crippen LogP contribution in [-0.2, 0) is 15.7 Å². The molecule has 0 saturated carbocycles. The molecular formula is C19H18F5NO3. The van der Waals surface area contributed by atoms with E-state index in [9.17, 15) is 27.1 Å². The van der Waals surface area contributed by atoms with E-state index in [4.69, 9.17) is 9.47 Å². The highest BCUT2D eigenvalue weighted by Gasteiger charge is 2.32. The summed E-state index contributed by atoms with van der Waals surface area (Å²) in [7, 11) is 0. The minimum absolute atomic E-state index is 0.237. The first-order valence-electron chi connectivity index (χ1n) is 8.52. The average molecular weight is 403 g/mol. The molecule has 152 valence electrons. The summed E-state index contributed by atoms with van der Waals surface area (Å²) in [5.41, 5.74) is -0.657. The number of alkyl halides is 3. The summed E-state index contributed by atoms with van der Waals surface area (Å²) in [6.07, 6.45) is -6.93. The van der Waals surface area contributed by atoms with Crippen LogP contribution in [0.3, 0.4) is 0 Å². The lowest BCUT2D eigenvalue weighted by Crippen LogP contribution is -2.44. The van der Waals surface area contributed by atoms with Gasteiger partial charge in [0.05, 0.1) is 25.3 Å². The van der Waals surface area contributed by atoms with E-state index >= 15 is 0 Å². The van der Waals surface area contributed by atoms with Gasteiger partial charge in [0.15, 0.2) is 6.29 Å². The standard InChI is InChI=1S/C19H18F5NO3/c20-14-1-3-16(4-2-14)25-5-6-27-18(10-25)28-11-17(26)12-7-13(19(22,23)24)9-15(21)8-12/h1-4,7-9,17-18,26H,5-6,10-11H2. The summed E-state index contributed by atoms with van der Waals surface area (Å²) in [5.74, 6) is -1.46. The molecule has 0 aliphatic carbocycles. The maximum Gasteiger partial charge on any atom is 0.416 e. The zero-order valence-electron chi connectivity index (χ0n) is 14.6. The highest BCUT2D eigenvalue weighted by molar-refractivity contribution is 5.46. The van der Waals surface area contributed by atoms with Crippen LogP contribution in [0, 0.1) is 11.6 Å². The Morgan fingerprint density at radius 1 is 1.11 bits per heavy atom. The molecule has 1 heterocycles. The van der Waals surface area contributed by atoms with Crippen LogP contribution < -0.4 is 4.90 Å². The van der Waals surface area contributed by atoms with Crippen molar-refractivity contribution in [2.75, 3.05) is 31.2 Å². The molecule has 3 rings (SSSR count). The molecule has 0 radical (unpaired) electrons. The normalized spacial score (nSPS) is 18.9. The Morgan fingerprint density at radius 3 is 2.50 bits per heavy atom. The molecule has 4 nitrogen and oxygen atoms in total. The van der Waals surface area contributed by atoms with Crippen LogP contribution in [0.25, 0.3) is 0 Å². The second kappa shape index (κ2) is 8.42. The van der Waals surface area contributed by atoms with E-state index < -0.39 is 30.0 Å². The molecule has 1 saturated heterocycles. The van der Waals surface area contributed by atoms with Crippen molar-refractivity contribution in [3.8, 4) is 0 Å². The molecule has 1 fully saturated rings. The molecule has 1 N–H and O–H groups in total. The molecule has 2 aromatic carbocycles. The molecule has 1 aliphatic rings. The Kier molecular flexibility index (Phi) is 6.17. The highest BCUT2D eigenvalue weighted by atomic mass is 19.4. The molecule has 0 spiro atoms. The Balaban J connectivity index is 1.60. The number of halogens is 5. The molecule has 0 amide bonds. The van der Waals surface area contributed by atoms with Crippen LogP contribution in [0.5, 0.6) is 0 Å². The molecular weight excluding hydrogens is 385 g/mol. The summed E-state index contributed by atoms with van der Waals surface area (Å²) < 4.78 is 75.8. The Hall–Kier alpha value is -2.23. The van der Waals surface area contributed by atoms with Gasteiger partial charge >= 0.3 is 6.18 Å². The molecule has 0 bridgehead atoms. The Morgan fingerprint density at radius 2 is 1.82 bits per heavy atom. The SMILES string of the molecule is OC(COC1CN(c2ccc(F)cc2)CCO1)c1cc(F)cc(C(F)(F)F)c1. The van der Waals surface area contributed by atoms with Gasteiger partial charge in [-0.25, -0.2) is 8.78 Å². The molecule has 2 aromatic rings. The number of hydrogen-bond acceptors (Lipinski definition) is 4. The van der Waals surface area contributed by atoms with Crippen LogP contribution in [0.4, 0.5) is 27.6 Å². The first kappa shape index (κ1) is 20.5. The Labute approximate surface area is 158 Å². The highest BCUT2D eigenvalue weighted by Crippen LogP contribution is 2.32. The largest absolute Gasteiger partial charge is 0.416 e. The number of benzene rings is 2. The predicted octanol–water partition coefficient (Wildman–Crippen LogP) is 3.90. The van der Waals surface area contributed by atoms with Gasteiger partial charge in [0, 0.05) is 12.2 Å². The summed E-state index contributed by atoms with van der Waals surface area (Å²) >= 11 is 0. The van der Waals surface area contributed by atoms with Crippen molar-refractivity contribution in [3.05, 3.63) is 65.2 Å². The number of anilines is 1. The van der Waals surface area contributed by atoms with Gasteiger partial charge in [0.25, 0.3) is 0 Å². The summed E-state index contributed by atoms with van der Waals surface area (Å²) in [4.78, 5) is 1.89. The Bertz CT molecular complexity index is 797. The van der Waals surface area contributed by atoms with E-state index in [1.807, 2.05) is 4.90 Å². The molecule has 9 heteroatoms. The number of ether oxygens (including phenoxy) is 2. The van der Waals surface area contributed by atoms with Crippen molar-refractivity contribution >= 4 is 5.69 Å². The first-order chi connectivity index (χ1) is 13.2. The lowest BCUT2D eigenvalue weighted by molar-refractivity contribution is -0.161. The predicted molar refractivity (Wildman–Crippen MR) is 90.7 cm³/mol. The van der Waals surface area contributed by atoms with E-state index in [1.54, 1.807) is 12.1 Å². The fourth-order valence-corrected chi connectivity index (χ4v) is 2.87. The topological polar surface area (TPSA) is 41.9 Å². The maximum absolute atomic E-state index is 13.5. The third-order valence-corrected chi connectivity index (χ3v) is 4.30. The zero-order chi connectivity index (χ0) is 20.3. The minimum atomic E-state index is -4.72. The number of rotatable bonds is 5. The number of hydrogen-bond donors (Lipinski definition) is 1. The van der Waals surface area contributed by atoms with Crippen LogP contribution in [0.1, 0.15) is 17.2 Å². The van der Waals surface area contributed by atoms with Crippen LogP contribution >= 0.6 is 0 Å². The lowest BCUT2D eigenvalue weighted by Gasteiger charge is -2.34. The number of aliphatic hydroxyl groups excluding tert-OH is 1. The molecule has 2 atom stereocenters. The number of morpholine rings is 1. The summed E-state index contributed by atoms with van der Waals surface area (Å²) in [6, 6.07) is 7.75. The second-order valence-electron chi connectivity index (χ2n) is 6.34. The maximum atomic E-state index is 13.5. The molecule has 0 aromatic heterocycles. The van der Waals surface area contributed by atoms with Crippen LogP contribution in [0.2, 0.25) is 0 Å². The third-order valence-electron chi connectivity index (χ3n) is 4.30. The summed E-state index contributed by atoms with van der Waals surface area (Å²) in [6.45, 7) is 0.779. The van der Waals surface area contributed by atoms with E-state index in [0.29, 0.717) is 25.3 Å². The number of aliphatic hydroxyl groups is 1. The van der Waals surface area contributed by atoms with Crippen LogP contribution in [-0.4, -0.2) is 37.7 Å². The van der Waals surface area contributed by atoms with Gasteiger partial charge in [0.2, 0.25) is 0 Å². The first-order valence-corrected chi connectivity index (χ1v) is 8.52. The fourth-order valence-electron chi connectivity index (χ4n) is 2.87. The quantitative estimate of drug-likeness (QED) is 0.770. The van der Waals surface area contributed by atoms with Gasteiger partial charge in [-0.05, 0) is 48.0 Å². The van der Waals surface area contributed by atoms with Crippen molar-refractivity contribution in [1.29, 1.82) is 0 Å². The molecule has 1 aliphatic heterocycles. The monoisotopic (exact) mass is 403 g/mol. The van der Waals surface area contributed by atoms with Crippen molar-refractivity contribution in [3.63, 3.8) is 0 Å². The van der Waals surface area contributed by atoms with Crippen LogP contribution in [0.15, 0.2) is 42.5 Å². The van der Waals surface area contributed by atoms with Gasteiger partial charge in [0.1, 0.15) is 17.7 Å². The fraction of sp³-hybridized carbons (Fsp3) is 0.368.